The number of aromatic hydroxyl groups is 2. The predicted octanol–water partition coefficient (Wildman–Crippen LogP) is 13.4. The van der Waals surface area contributed by atoms with Gasteiger partial charge in [0.25, 0.3) is 0 Å². The number of phenols is 2. The molecule has 6 heteroatoms. The second kappa shape index (κ2) is 15.2. The lowest BCUT2D eigenvalue weighted by Gasteiger charge is -2.27. The van der Waals surface area contributed by atoms with Crippen LogP contribution in [0.15, 0.2) is 107 Å². The minimum Gasteiger partial charge on any atom is -0.507 e. The molecule has 0 radical (unpaired) electrons. The molecule has 0 saturated heterocycles. The van der Waals surface area contributed by atoms with E-state index in [9.17, 15) is 10.2 Å². The van der Waals surface area contributed by atoms with Gasteiger partial charge >= 0.3 is 0 Å². The first kappa shape index (κ1) is 39.8. The van der Waals surface area contributed by atoms with Crippen LogP contribution < -0.4 is 9.47 Å². The van der Waals surface area contributed by atoms with Gasteiger partial charge in [-0.3, -0.25) is 9.98 Å². The van der Waals surface area contributed by atoms with Crippen molar-refractivity contribution < 1.29 is 19.7 Å². The SMILES string of the molecule is CC(C)(C)c1cc(C=Nc2ccc(Oc3ccc(Oc4ccc(N=Cc5cc(C(C)(C)C)cc(C(C)(C)C)c5O)cc4)cc3)cc2)c(O)c(C(C)(C)C)c1. The second-order valence-corrected chi connectivity index (χ2v) is 18.1. The number of aliphatic imine (C=N–C) groups is 2. The number of hydrogen-bond acceptors (Lipinski definition) is 6. The summed E-state index contributed by atoms with van der Waals surface area (Å²) in [6.45, 7) is 25.7. The fraction of sp³-hybridized carbons (Fsp3) is 0.333. The summed E-state index contributed by atoms with van der Waals surface area (Å²) in [4.78, 5) is 9.33. The summed E-state index contributed by atoms with van der Waals surface area (Å²) >= 11 is 0. The van der Waals surface area contributed by atoms with E-state index in [1.807, 2.05) is 84.9 Å². The summed E-state index contributed by atoms with van der Waals surface area (Å²) in [5, 5.41) is 22.2. The molecule has 0 aromatic heterocycles. The first-order chi connectivity index (χ1) is 25.1. The van der Waals surface area contributed by atoms with Gasteiger partial charge < -0.3 is 19.7 Å². The first-order valence-corrected chi connectivity index (χ1v) is 18.6. The molecule has 0 bridgehead atoms. The van der Waals surface area contributed by atoms with Gasteiger partial charge in [-0.05, 0) is 118 Å². The fourth-order valence-electron chi connectivity index (χ4n) is 5.86. The van der Waals surface area contributed by atoms with Gasteiger partial charge in [0.15, 0.2) is 0 Å². The molecule has 54 heavy (non-hydrogen) atoms. The van der Waals surface area contributed by atoms with Gasteiger partial charge in [-0.2, -0.15) is 0 Å². The van der Waals surface area contributed by atoms with Crippen molar-refractivity contribution in [3.63, 3.8) is 0 Å². The minimum absolute atomic E-state index is 0.0642. The molecule has 5 rings (SSSR count). The van der Waals surface area contributed by atoms with Crippen LogP contribution in [0.5, 0.6) is 34.5 Å². The molecule has 0 unspecified atom stereocenters. The normalized spacial score (nSPS) is 12.8. The van der Waals surface area contributed by atoms with Crippen molar-refractivity contribution >= 4 is 23.8 Å². The number of phenolic OH excluding ortho intramolecular Hbond substituents is 2. The van der Waals surface area contributed by atoms with E-state index in [0.29, 0.717) is 34.1 Å². The average molecular weight is 725 g/mol. The van der Waals surface area contributed by atoms with Crippen LogP contribution in [0.3, 0.4) is 0 Å². The van der Waals surface area contributed by atoms with Gasteiger partial charge in [-0.1, -0.05) is 95.2 Å². The monoisotopic (exact) mass is 724 g/mol. The van der Waals surface area contributed by atoms with Crippen molar-refractivity contribution in [2.45, 2.75) is 105 Å². The lowest BCUT2D eigenvalue weighted by molar-refractivity contribution is 0.443. The van der Waals surface area contributed by atoms with Crippen LogP contribution in [0.4, 0.5) is 11.4 Å². The fourth-order valence-corrected chi connectivity index (χ4v) is 5.86. The van der Waals surface area contributed by atoms with Gasteiger partial charge in [-0.15, -0.1) is 0 Å². The van der Waals surface area contributed by atoms with E-state index in [-0.39, 0.29) is 33.2 Å². The third kappa shape index (κ3) is 9.98. The standard InChI is InChI=1S/C48H56N2O4/c1-45(2,3)33-25-31(43(51)41(27-33)47(7,8)9)29-49-35-13-17-37(18-14-35)53-39-21-23-40(24-22-39)54-38-19-15-36(16-20-38)50-30-32-26-34(46(4,5)6)28-42(44(32)52)48(10,11)12/h13-30,51-52H,1-12H3. The molecule has 0 amide bonds. The van der Waals surface area contributed by atoms with Crippen LogP contribution in [0, 0.1) is 0 Å². The maximum Gasteiger partial charge on any atom is 0.128 e. The Morgan fingerprint density at radius 3 is 0.944 bits per heavy atom. The number of hydrogen-bond donors (Lipinski definition) is 2. The highest BCUT2D eigenvalue weighted by molar-refractivity contribution is 5.87. The molecule has 0 spiro atoms. The molecule has 0 aliphatic rings. The molecule has 5 aromatic carbocycles. The zero-order valence-electron chi connectivity index (χ0n) is 34.0. The smallest absolute Gasteiger partial charge is 0.128 e. The Labute approximate surface area is 322 Å². The van der Waals surface area contributed by atoms with Crippen molar-refractivity contribution in [1.82, 2.24) is 0 Å². The topological polar surface area (TPSA) is 83.6 Å². The van der Waals surface area contributed by atoms with Crippen LogP contribution in [0.2, 0.25) is 0 Å². The van der Waals surface area contributed by atoms with Crippen LogP contribution in [0.1, 0.15) is 116 Å². The van der Waals surface area contributed by atoms with Crippen molar-refractivity contribution in [3.05, 3.63) is 130 Å². The molecule has 5 aromatic rings. The van der Waals surface area contributed by atoms with Gasteiger partial charge in [0.2, 0.25) is 0 Å². The summed E-state index contributed by atoms with van der Waals surface area (Å²) in [5.74, 6) is 3.25. The zero-order chi connectivity index (χ0) is 39.6. The molecule has 282 valence electrons. The van der Waals surface area contributed by atoms with E-state index in [2.05, 4.69) is 105 Å². The summed E-state index contributed by atoms with van der Waals surface area (Å²) in [6, 6.07) is 30.8. The second-order valence-electron chi connectivity index (χ2n) is 18.1. The average Bonchev–Trinajstić information content (AvgIpc) is 3.07. The van der Waals surface area contributed by atoms with E-state index >= 15 is 0 Å². The Kier molecular flexibility index (Phi) is 11.2. The molecular weight excluding hydrogens is 669 g/mol. The number of rotatable bonds is 8. The zero-order valence-corrected chi connectivity index (χ0v) is 34.0. The summed E-state index contributed by atoms with van der Waals surface area (Å²) in [5.41, 5.74) is 6.49. The van der Waals surface area contributed by atoms with Crippen LogP contribution in [0.25, 0.3) is 0 Å². The minimum atomic E-state index is -0.205. The van der Waals surface area contributed by atoms with Crippen LogP contribution in [-0.2, 0) is 21.7 Å². The predicted molar refractivity (Wildman–Crippen MR) is 225 cm³/mol. The molecule has 6 nitrogen and oxygen atoms in total. The lowest BCUT2D eigenvalue weighted by Crippen LogP contribution is -2.17. The van der Waals surface area contributed by atoms with E-state index in [1.54, 1.807) is 12.4 Å². The molecule has 0 fully saturated rings. The van der Waals surface area contributed by atoms with E-state index in [0.717, 1.165) is 33.6 Å². The van der Waals surface area contributed by atoms with Crippen LogP contribution >= 0.6 is 0 Å². The van der Waals surface area contributed by atoms with Crippen LogP contribution in [-0.4, -0.2) is 22.6 Å². The summed E-state index contributed by atoms with van der Waals surface area (Å²) < 4.78 is 12.2. The van der Waals surface area contributed by atoms with Crippen molar-refractivity contribution in [2.75, 3.05) is 0 Å². The molecule has 0 aliphatic heterocycles. The summed E-state index contributed by atoms with van der Waals surface area (Å²) in [6.07, 6.45) is 3.46. The molecule has 0 aliphatic carbocycles. The Hall–Kier alpha value is -5.36. The number of ether oxygens (including phenoxy) is 2. The van der Waals surface area contributed by atoms with E-state index in [1.165, 1.54) is 0 Å². The maximum atomic E-state index is 11.1. The molecule has 0 heterocycles. The third-order valence-electron chi connectivity index (χ3n) is 9.30. The van der Waals surface area contributed by atoms with Crippen molar-refractivity contribution in [3.8, 4) is 34.5 Å². The Balaban J connectivity index is 1.21. The van der Waals surface area contributed by atoms with Crippen molar-refractivity contribution in [2.24, 2.45) is 9.98 Å². The Morgan fingerprint density at radius 1 is 0.407 bits per heavy atom. The highest BCUT2D eigenvalue weighted by Crippen LogP contribution is 2.39. The molecule has 2 N–H and O–H groups in total. The van der Waals surface area contributed by atoms with Gasteiger partial charge in [-0.25, -0.2) is 0 Å². The number of benzene rings is 5. The highest BCUT2D eigenvalue weighted by Gasteiger charge is 2.26. The van der Waals surface area contributed by atoms with Gasteiger partial charge in [0.1, 0.15) is 34.5 Å². The Morgan fingerprint density at radius 2 is 0.685 bits per heavy atom. The molecular formula is C48H56N2O4. The third-order valence-corrected chi connectivity index (χ3v) is 9.30. The van der Waals surface area contributed by atoms with Gasteiger partial charge in [0, 0.05) is 34.7 Å². The quantitative estimate of drug-likeness (QED) is 0.156. The van der Waals surface area contributed by atoms with Gasteiger partial charge in [0.05, 0.1) is 11.4 Å². The molecule has 0 atom stereocenters. The molecule has 0 saturated carbocycles. The largest absolute Gasteiger partial charge is 0.507 e. The summed E-state index contributed by atoms with van der Waals surface area (Å²) in [7, 11) is 0. The van der Waals surface area contributed by atoms with Crippen molar-refractivity contribution in [1.29, 1.82) is 0 Å². The van der Waals surface area contributed by atoms with E-state index < -0.39 is 0 Å². The Bertz CT molecular complexity index is 1980. The highest BCUT2D eigenvalue weighted by atomic mass is 16.5. The van der Waals surface area contributed by atoms with E-state index in [4.69, 9.17) is 9.47 Å². The first-order valence-electron chi connectivity index (χ1n) is 18.6. The number of nitrogens with zero attached hydrogens (tertiary/aromatic N) is 2. The maximum absolute atomic E-state index is 11.1. The lowest BCUT2D eigenvalue weighted by atomic mass is 9.79.